The number of ether oxygens (including phenoxy) is 1. The van der Waals surface area contributed by atoms with Gasteiger partial charge in [0.15, 0.2) is 11.9 Å². The third-order valence-electron chi connectivity index (χ3n) is 5.17. The van der Waals surface area contributed by atoms with E-state index in [1.165, 1.54) is 5.39 Å². The fourth-order valence-corrected chi connectivity index (χ4v) is 4.50. The molecule has 0 saturated heterocycles. The van der Waals surface area contributed by atoms with E-state index in [9.17, 15) is 0 Å². The molecule has 6 heteroatoms. The van der Waals surface area contributed by atoms with Crippen LogP contribution in [0.25, 0.3) is 22.0 Å². The molecule has 1 aliphatic heterocycles. The van der Waals surface area contributed by atoms with Crippen LogP contribution in [0.4, 0.5) is 5.69 Å². The van der Waals surface area contributed by atoms with Gasteiger partial charge < -0.3 is 10.1 Å². The normalized spacial score (nSPS) is 14.9. The lowest BCUT2D eigenvalue weighted by Crippen LogP contribution is -2.17. The zero-order valence-electron chi connectivity index (χ0n) is 16.7. The molecular weight excluding hydrogens is 392 g/mol. The number of para-hydroxylation sites is 1. The van der Waals surface area contributed by atoms with Gasteiger partial charge in [0.25, 0.3) is 0 Å². The summed E-state index contributed by atoms with van der Waals surface area (Å²) in [6.07, 6.45) is 1.88. The van der Waals surface area contributed by atoms with E-state index < -0.39 is 0 Å². The lowest BCUT2D eigenvalue weighted by Gasteiger charge is -2.21. The van der Waals surface area contributed by atoms with Crippen LogP contribution in [0.15, 0.2) is 71.9 Å². The van der Waals surface area contributed by atoms with E-state index in [1.54, 1.807) is 11.8 Å². The molecule has 0 spiro atoms. The smallest absolute Gasteiger partial charge is 0.247 e. The van der Waals surface area contributed by atoms with Crippen molar-refractivity contribution in [2.24, 2.45) is 0 Å². The Kier molecular flexibility index (Phi) is 5.24. The molecule has 5 nitrogen and oxygen atoms in total. The average molecular weight is 415 g/mol. The summed E-state index contributed by atoms with van der Waals surface area (Å²) in [6, 6.07) is 22.7. The molecule has 150 valence electrons. The number of nitrogens with zero attached hydrogens (tertiary/aromatic N) is 3. The van der Waals surface area contributed by atoms with Crippen molar-refractivity contribution in [2.75, 3.05) is 11.1 Å². The van der Waals surface area contributed by atoms with Crippen LogP contribution in [0.3, 0.4) is 0 Å². The maximum atomic E-state index is 6.44. The molecule has 30 heavy (non-hydrogen) atoms. The lowest BCUT2D eigenvalue weighted by molar-refractivity contribution is 0.226. The first-order valence-corrected chi connectivity index (χ1v) is 11.2. The summed E-state index contributed by atoms with van der Waals surface area (Å²) in [4.78, 5) is 4.73. The summed E-state index contributed by atoms with van der Waals surface area (Å²) in [6.45, 7) is 2.18. The van der Waals surface area contributed by atoms with Crippen molar-refractivity contribution in [3.63, 3.8) is 0 Å². The van der Waals surface area contributed by atoms with Gasteiger partial charge in [-0.05, 0) is 23.3 Å². The minimum Gasteiger partial charge on any atom is -0.448 e. The highest BCUT2D eigenvalue weighted by Gasteiger charge is 2.26. The standard InChI is InChI=1S/C24H22N4OS/c1-2-3-15-30-24-26-23-21(27-28-24)19-12-6-7-14-20(19)25-22(29-23)18-13-8-10-16-9-4-5-11-17(16)18/h4-14,22,25H,2-3,15H2,1H3/t22-/m1/s1. The zero-order valence-corrected chi connectivity index (χ0v) is 17.5. The summed E-state index contributed by atoms with van der Waals surface area (Å²) in [5.41, 5.74) is 3.63. The van der Waals surface area contributed by atoms with Crippen LogP contribution in [0.5, 0.6) is 5.88 Å². The highest BCUT2D eigenvalue weighted by molar-refractivity contribution is 7.99. The Morgan fingerprint density at radius 1 is 0.967 bits per heavy atom. The molecule has 2 heterocycles. The van der Waals surface area contributed by atoms with Gasteiger partial charge >= 0.3 is 0 Å². The third kappa shape index (κ3) is 3.59. The first kappa shape index (κ1) is 18.9. The van der Waals surface area contributed by atoms with Crippen LogP contribution in [-0.2, 0) is 0 Å². The van der Waals surface area contributed by atoms with Gasteiger partial charge in [-0.1, -0.05) is 85.8 Å². The Labute approximate surface area is 179 Å². The van der Waals surface area contributed by atoms with E-state index in [2.05, 4.69) is 64.9 Å². The molecule has 1 aromatic heterocycles. The van der Waals surface area contributed by atoms with Gasteiger partial charge in [-0.3, -0.25) is 0 Å². The molecule has 0 fully saturated rings. The fraction of sp³-hybridized carbons (Fsp3) is 0.208. The highest BCUT2D eigenvalue weighted by atomic mass is 32.2. The number of nitrogens with one attached hydrogen (secondary N) is 1. The van der Waals surface area contributed by atoms with Gasteiger partial charge in [-0.2, -0.15) is 4.98 Å². The average Bonchev–Trinajstić information content (AvgIpc) is 2.95. The van der Waals surface area contributed by atoms with Crippen molar-refractivity contribution in [1.82, 2.24) is 15.2 Å². The summed E-state index contributed by atoms with van der Waals surface area (Å²) >= 11 is 1.62. The Hall–Kier alpha value is -3.12. The van der Waals surface area contributed by atoms with Gasteiger partial charge in [0, 0.05) is 22.6 Å². The molecule has 0 amide bonds. The first-order valence-electron chi connectivity index (χ1n) is 10.2. The van der Waals surface area contributed by atoms with E-state index in [1.807, 2.05) is 24.3 Å². The number of benzene rings is 3. The minimum absolute atomic E-state index is 0.385. The molecule has 0 bridgehead atoms. The van der Waals surface area contributed by atoms with Crippen LogP contribution in [-0.4, -0.2) is 20.9 Å². The zero-order chi connectivity index (χ0) is 20.3. The van der Waals surface area contributed by atoms with Crippen molar-refractivity contribution in [2.45, 2.75) is 31.1 Å². The van der Waals surface area contributed by atoms with Gasteiger partial charge in [0.2, 0.25) is 11.0 Å². The van der Waals surface area contributed by atoms with Gasteiger partial charge in [0.05, 0.1) is 0 Å². The summed E-state index contributed by atoms with van der Waals surface area (Å²) < 4.78 is 6.44. The van der Waals surface area contributed by atoms with E-state index in [-0.39, 0.29) is 6.23 Å². The molecule has 1 atom stereocenters. The minimum atomic E-state index is -0.385. The van der Waals surface area contributed by atoms with Crippen LogP contribution in [0, 0.1) is 0 Å². The maximum Gasteiger partial charge on any atom is 0.247 e. The van der Waals surface area contributed by atoms with Gasteiger partial charge in [-0.15, -0.1) is 10.2 Å². The molecule has 1 aliphatic rings. The first-order chi connectivity index (χ1) is 14.8. The lowest BCUT2D eigenvalue weighted by atomic mass is 10.0. The second-order valence-corrected chi connectivity index (χ2v) is 8.27. The number of hydrogen-bond acceptors (Lipinski definition) is 6. The predicted molar refractivity (Wildman–Crippen MR) is 122 cm³/mol. The number of aromatic nitrogens is 3. The van der Waals surface area contributed by atoms with Gasteiger partial charge in [0.1, 0.15) is 0 Å². The molecule has 1 N–H and O–H groups in total. The Bertz CT molecular complexity index is 1190. The molecule has 3 aromatic carbocycles. The number of hydrogen-bond donors (Lipinski definition) is 1. The SMILES string of the molecule is CCCCSc1nnc2c(n1)O[C@H](c1cccc3ccccc13)Nc1ccccc1-2. The highest BCUT2D eigenvalue weighted by Crippen LogP contribution is 2.40. The Morgan fingerprint density at radius 2 is 1.80 bits per heavy atom. The quantitative estimate of drug-likeness (QED) is 0.315. The molecule has 5 rings (SSSR count). The van der Waals surface area contributed by atoms with Crippen LogP contribution in [0.2, 0.25) is 0 Å². The number of anilines is 1. The number of unbranched alkanes of at least 4 members (excludes halogenated alkanes) is 1. The molecule has 4 aromatic rings. The maximum absolute atomic E-state index is 6.44. The summed E-state index contributed by atoms with van der Waals surface area (Å²) in [5.74, 6) is 1.48. The van der Waals surface area contributed by atoms with E-state index in [0.717, 1.165) is 40.8 Å². The summed E-state index contributed by atoms with van der Waals surface area (Å²) in [5, 5.41) is 15.4. The van der Waals surface area contributed by atoms with Crippen molar-refractivity contribution in [3.05, 3.63) is 72.3 Å². The third-order valence-corrected chi connectivity index (χ3v) is 6.09. The second kappa shape index (κ2) is 8.32. The molecule has 0 radical (unpaired) electrons. The van der Waals surface area contributed by atoms with Crippen LogP contribution < -0.4 is 10.1 Å². The van der Waals surface area contributed by atoms with Crippen molar-refractivity contribution in [1.29, 1.82) is 0 Å². The van der Waals surface area contributed by atoms with Crippen LogP contribution in [0.1, 0.15) is 31.6 Å². The van der Waals surface area contributed by atoms with Crippen molar-refractivity contribution < 1.29 is 4.74 Å². The summed E-state index contributed by atoms with van der Waals surface area (Å²) in [7, 11) is 0. The van der Waals surface area contributed by atoms with Crippen LogP contribution >= 0.6 is 11.8 Å². The number of fused-ring (bicyclic) bond motifs is 4. The molecule has 0 aliphatic carbocycles. The topological polar surface area (TPSA) is 59.9 Å². The van der Waals surface area contributed by atoms with Crippen molar-refractivity contribution in [3.8, 4) is 17.1 Å². The van der Waals surface area contributed by atoms with Gasteiger partial charge in [-0.25, -0.2) is 0 Å². The second-order valence-electron chi connectivity index (χ2n) is 7.21. The largest absolute Gasteiger partial charge is 0.448 e. The Balaban J connectivity index is 1.60. The predicted octanol–water partition coefficient (Wildman–Crippen LogP) is 6.09. The molecule has 0 unspecified atom stereocenters. The Morgan fingerprint density at radius 3 is 2.73 bits per heavy atom. The fourth-order valence-electron chi connectivity index (χ4n) is 3.64. The van der Waals surface area contributed by atoms with Crippen molar-refractivity contribution >= 4 is 28.2 Å². The molecular formula is C24H22N4OS. The van der Waals surface area contributed by atoms with E-state index in [4.69, 9.17) is 9.72 Å². The van der Waals surface area contributed by atoms with E-state index in [0.29, 0.717) is 16.7 Å². The molecule has 0 saturated carbocycles. The monoisotopic (exact) mass is 414 g/mol. The van der Waals surface area contributed by atoms with E-state index >= 15 is 0 Å². The number of rotatable bonds is 5. The number of thioether (sulfide) groups is 1.